The van der Waals surface area contributed by atoms with Crippen molar-refractivity contribution in [3.05, 3.63) is 323 Å². The van der Waals surface area contributed by atoms with Crippen LogP contribution in [-0.4, -0.2) is 90.9 Å². The number of carbonyl (C=O) groups excluding carboxylic acids is 1. The zero-order valence-corrected chi connectivity index (χ0v) is 61.4. The lowest BCUT2D eigenvalue weighted by molar-refractivity contribution is -0.111. The van der Waals surface area contributed by atoms with E-state index in [4.69, 9.17) is 23.7 Å². The summed E-state index contributed by atoms with van der Waals surface area (Å²) in [6.07, 6.45) is 1.27. The zero-order valence-electron chi connectivity index (χ0n) is 55.8. The molecule has 104 heavy (non-hydrogen) atoms. The van der Waals surface area contributed by atoms with Crippen LogP contribution in [0, 0.1) is 17.2 Å². The van der Waals surface area contributed by atoms with E-state index in [-0.39, 0.29) is 48.3 Å². The number of carboxylic acid groups (broad SMARTS) is 1. The molecule has 10 rings (SSSR count). The van der Waals surface area contributed by atoms with E-state index in [1.54, 1.807) is 178 Å². The Kier molecular flexibility index (Phi) is 31.9. The van der Waals surface area contributed by atoms with E-state index in [1.807, 2.05) is 80.6 Å². The maximum absolute atomic E-state index is 12.2. The lowest BCUT2D eigenvalue weighted by Crippen LogP contribution is -2.14. The Hall–Kier alpha value is -11.6. The molecule has 0 saturated heterocycles. The molecule has 0 heterocycles. The number of halogens is 1. The smallest absolute Gasteiger partial charge is 0.358 e. The summed E-state index contributed by atoms with van der Waals surface area (Å²) in [5.41, 5.74) is 4.46. The van der Waals surface area contributed by atoms with E-state index < -0.39 is 57.5 Å². The second-order valence-electron chi connectivity index (χ2n) is 21.0. The van der Waals surface area contributed by atoms with Crippen LogP contribution in [0.25, 0.3) is 0 Å². The third kappa shape index (κ3) is 26.7. The van der Waals surface area contributed by atoms with Gasteiger partial charge in [-0.1, -0.05) is 231 Å². The number of ketones is 1. The summed E-state index contributed by atoms with van der Waals surface area (Å²) < 4.78 is 137. The molecule has 24 nitrogen and oxygen atoms in total. The number of Topliss-reactive ketones (excluding diaryl/α,β-unsaturated/α-hetero) is 1. The minimum absolute atomic E-state index is 0.0123. The lowest BCUT2D eigenvalue weighted by atomic mass is 10.0. The molecule has 0 aliphatic carbocycles. The van der Waals surface area contributed by atoms with Crippen molar-refractivity contribution in [1.82, 2.24) is 0 Å². The summed E-state index contributed by atoms with van der Waals surface area (Å²) in [6.45, 7) is 6.96. The van der Waals surface area contributed by atoms with Gasteiger partial charge in [-0.25, -0.2) is 9.00 Å². The number of nitriles is 1. The minimum atomic E-state index is -4.06. The van der Waals surface area contributed by atoms with Crippen molar-refractivity contribution in [2.45, 2.75) is 52.2 Å². The van der Waals surface area contributed by atoms with Crippen molar-refractivity contribution in [3.8, 4) is 11.8 Å². The van der Waals surface area contributed by atoms with Crippen molar-refractivity contribution >= 4 is 108 Å². The molecule has 0 aliphatic heterocycles. The summed E-state index contributed by atoms with van der Waals surface area (Å²) in [7, 11) is -14.4. The maximum atomic E-state index is 12.2. The summed E-state index contributed by atoms with van der Waals surface area (Å²) >= 11 is 1.66. The fourth-order valence-electron chi connectivity index (χ4n) is 7.95. The topological polar surface area (TPSA) is 349 Å². The molecule has 0 spiro atoms. The molecule has 0 aliphatic rings. The van der Waals surface area contributed by atoms with Crippen LogP contribution in [0.15, 0.2) is 340 Å². The molecule has 30 heteroatoms. The van der Waals surface area contributed by atoms with E-state index >= 15 is 0 Å². The number of oxime groups is 5. The Morgan fingerprint density at radius 2 is 0.846 bits per heavy atom. The van der Waals surface area contributed by atoms with Crippen LogP contribution in [0.1, 0.15) is 65.9 Å². The summed E-state index contributed by atoms with van der Waals surface area (Å²) in [4.78, 5) is 22.7. The maximum Gasteiger partial charge on any atom is 0.358 e. The van der Waals surface area contributed by atoms with Crippen molar-refractivity contribution < 1.29 is 78.7 Å². The van der Waals surface area contributed by atoms with Gasteiger partial charge in [-0.2, -0.15) is 38.9 Å². The van der Waals surface area contributed by atoms with Crippen LogP contribution in [0.5, 0.6) is 5.75 Å². The molecule has 0 radical (unpaired) electrons. The first-order valence-corrected chi connectivity index (χ1v) is 37.9. The predicted octanol–water partition coefficient (Wildman–Crippen LogP) is 14.2. The van der Waals surface area contributed by atoms with Crippen molar-refractivity contribution in [1.29, 1.82) is 5.26 Å². The van der Waals surface area contributed by atoms with Gasteiger partial charge in [0.05, 0.1) is 35.2 Å². The first-order chi connectivity index (χ1) is 49.7. The van der Waals surface area contributed by atoms with E-state index in [9.17, 15) is 47.5 Å². The average molecular weight is 1570 g/mol. The second-order valence-corrected chi connectivity index (χ2v) is 29.1. The average Bonchev–Trinajstić information content (AvgIpc) is 0.847. The first-order valence-electron chi connectivity index (χ1n) is 30.4. The Morgan fingerprint density at radius 3 is 1.29 bits per heavy atom. The molecular formula is C74H65BrN6O18S5. The molecule has 1 unspecified atom stereocenters. The molecule has 536 valence electrons. The fraction of sp³-hybridized carbons (Fsp3) is 0.0811. The van der Waals surface area contributed by atoms with Crippen molar-refractivity contribution in [2.24, 2.45) is 31.7 Å². The number of ether oxygens (including phenoxy) is 1. The Bertz CT molecular complexity index is 5130. The standard InChI is InChI=1S/C16H16BrNO3S.C15H13NO4S.C15H15NO3S.C14H10N2O3S.C14H11NO5S/c1-12(2)16(13-6-4-3-5-7-13)18-21-22(19,20)15-10-8-14(17)9-11-15;1-12(17)15(13-8-4-2-5-9-13)16-20-21(18,19)14-10-6-3-7-11-14;1-12(13-8-10-14(18-2)11-9-13)16-19-20(17)15-6-4-3-5-7-15;15-11-14(12-7-3-1-4-8-12)16-19-20(17,18)13-9-5-2-6-10-13;16-14(17)12-6-8-13(9-7-12)21(18,19)20-15-10-11-4-2-1-3-5-11/h3-12H,1-2H3;2-11H,1H3;3-11H,1-2H3;1-10H;1-10H,(H,16,17)/b18-16+;16-15+;16-12+;16-14+;15-10+. The first kappa shape index (κ1) is 81.4. The quantitative estimate of drug-likeness (QED) is 0.0434. The number of nitrogens with zero attached hydrogens (tertiary/aromatic N) is 6. The molecule has 1 N–H and O–H groups in total. The van der Waals surface area contributed by atoms with Crippen molar-refractivity contribution in [2.75, 3.05) is 7.11 Å². The summed E-state index contributed by atoms with van der Waals surface area (Å²) in [5, 5.41) is 35.9. The monoisotopic (exact) mass is 1560 g/mol. The van der Waals surface area contributed by atoms with Crippen LogP contribution >= 0.6 is 15.9 Å². The molecule has 0 bridgehead atoms. The third-order valence-electron chi connectivity index (χ3n) is 13.2. The highest BCUT2D eigenvalue weighted by Crippen LogP contribution is 2.21. The van der Waals surface area contributed by atoms with E-state index in [2.05, 4.69) is 54.6 Å². The zero-order chi connectivity index (χ0) is 75.6. The minimum Gasteiger partial charge on any atom is -0.497 e. The Labute approximate surface area is 613 Å². The third-order valence-corrected chi connectivity index (χ3v) is 19.1. The van der Waals surface area contributed by atoms with Gasteiger partial charge in [0.15, 0.2) is 17.2 Å². The van der Waals surface area contributed by atoms with Gasteiger partial charge in [-0.3, -0.25) is 26.2 Å². The van der Waals surface area contributed by atoms with Gasteiger partial charge in [-0.05, 0) is 139 Å². The van der Waals surface area contributed by atoms with Crippen molar-refractivity contribution in [3.63, 3.8) is 0 Å². The highest BCUT2D eigenvalue weighted by Gasteiger charge is 2.21. The molecule has 10 aromatic rings. The van der Waals surface area contributed by atoms with Crippen LogP contribution in [0.3, 0.4) is 0 Å². The van der Waals surface area contributed by atoms with Gasteiger partial charge in [-0.15, -0.1) is 0 Å². The Morgan fingerprint density at radius 1 is 0.462 bits per heavy atom. The van der Waals surface area contributed by atoms with Crippen LogP contribution in [0.4, 0.5) is 0 Å². The summed E-state index contributed by atoms with van der Waals surface area (Å²) in [6, 6.07) is 79.5. The van der Waals surface area contributed by atoms with Gasteiger partial charge >= 0.3 is 46.4 Å². The van der Waals surface area contributed by atoms with Gasteiger partial charge in [0, 0.05) is 22.5 Å². The number of carbonyl (C=O) groups is 2. The number of methoxy groups -OCH3 is 1. The largest absolute Gasteiger partial charge is 0.497 e. The molecule has 0 fully saturated rings. The molecule has 0 aromatic heterocycles. The van der Waals surface area contributed by atoms with Gasteiger partial charge in [0.25, 0.3) is 11.1 Å². The molecule has 0 saturated carbocycles. The van der Waals surface area contributed by atoms with Crippen LogP contribution < -0.4 is 4.74 Å². The SMILES string of the molecule is CC(=O)/C(=N\OS(=O)(=O)c1ccccc1)c1ccccc1.CC(C)/C(=N\OS(=O)(=O)c1ccc(Br)cc1)c1ccccc1.COc1ccc(/C(C)=N/OS(=O)c2ccccc2)cc1.N#C/C(=N\OS(=O)(=O)c1ccccc1)c1ccccc1.O=C(O)c1ccc(S(=O)(=O)O/N=C/c2ccccc2)cc1. The number of aromatic carboxylic acids is 1. The highest BCUT2D eigenvalue weighted by molar-refractivity contribution is 9.10. The number of rotatable bonds is 24. The predicted molar refractivity (Wildman–Crippen MR) is 397 cm³/mol. The van der Waals surface area contributed by atoms with Gasteiger partial charge in [0.2, 0.25) is 0 Å². The lowest BCUT2D eigenvalue weighted by Gasteiger charge is -2.10. The highest BCUT2D eigenvalue weighted by atomic mass is 79.9. The van der Waals surface area contributed by atoms with Gasteiger partial charge in [0.1, 0.15) is 31.4 Å². The number of benzene rings is 10. The Balaban J connectivity index is 0.000000204. The molecule has 0 amide bonds. The molecule has 1 atom stereocenters. The normalized spacial score (nSPS) is 12.1. The number of hydrogen-bond acceptors (Lipinski definition) is 23. The van der Waals surface area contributed by atoms with Crippen LogP contribution in [-0.2, 0) is 77.8 Å². The van der Waals surface area contributed by atoms with Gasteiger partial charge < -0.3 is 9.84 Å². The second kappa shape index (κ2) is 40.7. The number of hydrogen-bond donors (Lipinski definition) is 1. The van der Waals surface area contributed by atoms with Crippen LogP contribution in [0.2, 0.25) is 0 Å². The van der Waals surface area contributed by atoms with E-state index in [0.717, 1.165) is 33.5 Å². The molecule has 10 aromatic carbocycles. The fourth-order valence-corrected chi connectivity index (χ4v) is 11.8. The molecular weight excluding hydrogens is 1500 g/mol. The van der Waals surface area contributed by atoms with E-state index in [1.165, 1.54) is 61.7 Å². The summed E-state index contributed by atoms with van der Waals surface area (Å²) in [5.74, 6) is -0.718. The van der Waals surface area contributed by atoms with E-state index in [0.29, 0.717) is 33.0 Å². The number of carboxylic acids is 1.